The monoisotopic (exact) mass is 224 g/mol. The molecule has 0 N–H and O–H groups in total. The molecule has 1 heterocycles. The lowest BCUT2D eigenvalue weighted by Gasteiger charge is -2.14. The standard InChI is InChI=1S/C8H8N4O2S/c9-10-11-15(13,14)12-6-5-7-3-1-2-4-8(7)12/h1-4H,5-6H2. The van der Waals surface area contributed by atoms with Crippen LogP contribution in [0.5, 0.6) is 0 Å². The maximum Gasteiger partial charge on any atom is 0.324 e. The van der Waals surface area contributed by atoms with Gasteiger partial charge in [-0.3, -0.25) is 4.31 Å². The van der Waals surface area contributed by atoms with E-state index in [0.717, 1.165) is 9.87 Å². The van der Waals surface area contributed by atoms with E-state index in [4.69, 9.17) is 5.53 Å². The van der Waals surface area contributed by atoms with E-state index >= 15 is 0 Å². The highest BCUT2D eigenvalue weighted by atomic mass is 32.2. The molecule has 0 saturated heterocycles. The van der Waals surface area contributed by atoms with Gasteiger partial charge in [-0.15, -0.1) is 0 Å². The Morgan fingerprint density at radius 2 is 2.13 bits per heavy atom. The summed E-state index contributed by atoms with van der Waals surface area (Å²) in [5, 5.41) is 0. The first-order valence-electron chi connectivity index (χ1n) is 4.32. The maximum absolute atomic E-state index is 11.5. The Morgan fingerprint density at radius 3 is 2.87 bits per heavy atom. The summed E-state index contributed by atoms with van der Waals surface area (Å²) < 4.78 is 26.9. The third-order valence-corrected chi connectivity index (χ3v) is 3.48. The van der Waals surface area contributed by atoms with Crippen molar-refractivity contribution in [1.82, 2.24) is 0 Å². The topological polar surface area (TPSA) is 86.1 Å². The van der Waals surface area contributed by atoms with E-state index in [9.17, 15) is 8.42 Å². The fourth-order valence-corrected chi connectivity index (χ4v) is 2.57. The van der Waals surface area contributed by atoms with Crippen LogP contribution in [-0.2, 0) is 16.6 Å². The number of azide groups is 1. The number of nitrogens with zero attached hydrogens (tertiary/aromatic N) is 4. The molecule has 1 aliphatic rings. The average molecular weight is 224 g/mol. The summed E-state index contributed by atoms with van der Waals surface area (Å²) in [6.07, 6.45) is 0.649. The van der Waals surface area contributed by atoms with E-state index in [-0.39, 0.29) is 0 Å². The molecule has 0 bridgehead atoms. The molecule has 0 fully saturated rings. The Bertz CT molecular complexity index is 533. The molecule has 0 spiro atoms. The van der Waals surface area contributed by atoms with Crippen LogP contribution in [0.3, 0.4) is 0 Å². The van der Waals surface area contributed by atoms with Crippen LogP contribution in [0.25, 0.3) is 10.4 Å². The fraction of sp³-hybridized carbons (Fsp3) is 0.250. The predicted octanol–water partition coefficient (Wildman–Crippen LogP) is 1.60. The normalized spacial score (nSPS) is 14.5. The number of benzene rings is 1. The second-order valence-electron chi connectivity index (χ2n) is 3.10. The molecule has 0 aliphatic carbocycles. The minimum atomic E-state index is -3.88. The number of hydrogen-bond acceptors (Lipinski definition) is 2. The number of fused-ring (bicyclic) bond motifs is 1. The van der Waals surface area contributed by atoms with Gasteiger partial charge in [-0.25, -0.2) is 0 Å². The van der Waals surface area contributed by atoms with Crippen molar-refractivity contribution in [2.75, 3.05) is 10.8 Å². The van der Waals surface area contributed by atoms with E-state index in [2.05, 4.69) is 9.43 Å². The van der Waals surface area contributed by atoms with Gasteiger partial charge in [0.25, 0.3) is 0 Å². The molecule has 15 heavy (non-hydrogen) atoms. The van der Waals surface area contributed by atoms with Gasteiger partial charge < -0.3 is 0 Å². The largest absolute Gasteiger partial charge is 0.324 e. The second-order valence-corrected chi connectivity index (χ2v) is 4.60. The van der Waals surface area contributed by atoms with Gasteiger partial charge in [-0.05, 0) is 23.6 Å². The smallest absolute Gasteiger partial charge is 0.263 e. The summed E-state index contributed by atoms with van der Waals surface area (Å²) in [4.78, 5) is 2.32. The lowest BCUT2D eigenvalue weighted by molar-refractivity contribution is 0.593. The Labute approximate surface area is 86.9 Å². The third-order valence-electron chi connectivity index (χ3n) is 2.26. The quantitative estimate of drug-likeness (QED) is 0.434. The van der Waals surface area contributed by atoms with Crippen molar-refractivity contribution in [3.05, 3.63) is 40.3 Å². The summed E-state index contributed by atoms with van der Waals surface area (Å²) >= 11 is 0. The average Bonchev–Trinajstić information content (AvgIpc) is 2.61. The molecular weight excluding hydrogens is 216 g/mol. The van der Waals surface area contributed by atoms with Crippen molar-refractivity contribution in [3.63, 3.8) is 0 Å². The van der Waals surface area contributed by atoms with Gasteiger partial charge in [0.15, 0.2) is 0 Å². The van der Waals surface area contributed by atoms with Crippen molar-refractivity contribution in [3.8, 4) is 0 Å². The van der Waals surface area contributed by atoms with E-state index in [1.165, 1.54) is 0 Å². The minimum Gasteiger partial charge on any atom is -0.263 e. The summed E-state index contributed by atoms with van der Waals surface area (Å²) in [6.45, 7) is 0.334. The third kappa shape index (κ3) is 1.62. The Hall–Kier alpha value is -1.72. The number of para-hydroxylation sites is 1. The summed E-state index contributed by atoms with van der Waals surface area (Å²) in [6, 6.07) is 7.17. The summed E-state index contributed by atoms with van der Waals surface area (Å²) in [5.74, 6) is 0. The number of rotatable bonds is 2. The summed E-state index contributed by atoms with van der Waals surface area (Å²) in [5.41, 5.74) is 9.72. The fourth-order valence-electron chi connectivity index (χ4n) is 1.64. The van der Waals surface area contributed by atoms with Gasteiger partial charge in [-0.2, -0.15) is 8.42 Å². The molecule has 0 saturated carbocycles. The second kappa shape index (κ2) is 3.45. The van der Waals surface area contributed by atoms with Crippen molar-refractivity contribution in [2.45, 2.75) is 6.42 Å². The van der Waals surface area contributed by atoms with Gasteiger partial charge in [0.2, 0.25) is 0 Å². The van der Waals surface area contributed by atoms with E-state index in [1.54, 1.807) is 12.1 Å². The molecule has 6 nitrogen and oxygen atoms in total. The molecule has 2 rings (SSSR count). The molecule has 1 aromatic carbocycles. The van der Waals surface area contributed by atoms with E-state index < -0.39 is 10.2 Å². The minimum absolute atomic E-state index is 0.334. The highest BCUT2D eigenvalue weighted by molar-refractivity contribution is 7.91. The molecule has 0 aromatic heterocycles. The van der Waals surface area contributed by atoms with Gasteiger partial charge in [0, 0.05) is 11.5 Å². The molecule has 78 valence electrons. The van der Waals surface area contributed by atoms with E-state index in [0.29, 0.717) is 18.7 Å². The van der Waals surface area contributed by atoms with Crippen molar-refractivity contribution >= 4 is 15.9 Å². The molecule has 1 aromatic rings. The van der Waals surface area contributed by atoms with Gasteiger partial charge in [0.05, 0.1) is 10.2 Å². The van der Waals surface area contributed by atoms with Crippen LogP contribution < -0.4 is 4.31 Å². The van der Waals surface area contributed by atoms with Crippen LogP contribution in [0.1, 0.15) is 5.56 Å². The first-order valence-corrected chi connectivity index (χ1v) is 5.72. The van der Waals surface area contributed by atoms with Gasteiger partial charge in [-0.1, -0.05) is 18.2 Å². The zero-order valence-electron chi connectivity index (χ0n) is 7.74. The highest BCUT2D eigenvalue weighted by Gasteiger charge is 2.27. The van der Waals surface area contributed by atoms with Crippen LogP contribution in [0.2, 0.25) is 0 Å². The van der Waals surface area contributed by atoms with Crippen LogP contribution in [0, 0.1) is 0 Å². The molecule has 0 atom stereocenters. The van der Waals surface area contributed by atoms with Crippen LogP contribution in [0.15, 0.2) is 28.8 Å². The first kappa shape index (κ1) is 9.82. The predicted molar refractivity (Wildman–Crippen MR) is 55.6 cm³/mol. The molecule has 0 amide bonds. The summed E-state index contributed by atoms with van der Waals surface area (Å²) in [7, 11) is -3.88. The van der Waals surface area contributed by atoms with Crippen molar-refractivity contribution < 1.29 is 8.42 Å². The lowest BCUT2D eigenvalue weighted by Crippen LogP contribution is -2.26. The highest BCUT2D eigenvalue weighted by Crippen LogP contribution is 2.30. The first-order chi connectivity index (χ1) is 7.15. The number of hydrogen-bond donors (Lipinski definition) is 0. The molecule has 0 radical (unpaired) electrons. The molecule has 0 unspecified atom stereocenters. The Morgan fingerprint density at radius 1 is 1.40 bits per heavy atom. The van der Waals surface area contributed by atoms with Crippen LogP contribution >= 0.6 is 0 Å². The zero-order valence-corrected chi connectivity index (χ0v) is 8.55. The number of anilines is 1. The van der Waals surface area contributed by atoms with Crippen LogP contribution in [-0.4, -0.2) is 15.0 Å². The van der Waals surface area contributed by atoms with E-state index in [1.807, 2.05) is 12.1 Å². The Kier molecular flexibility index (Phi) is 2.26. The Balaban J connectivity index is 2.49. The van der Waals surface area contributed by atoms with Crippen LogP contribution in [0.4, 0.5) is 5.69 Å². The lowest BCUT2D eigenvalue weighted by atomic mass is 10.2. The zero-order chi connectivity index (χ0) is 10.9. The van der Waals surface area contributed by atoms with Gasteiger partial charge >= 0.3 is 10.2 Å². The van der Waals surface area contributed by atoms with Crippen molar-refractivity contribution in [2.24, 2.45) is 4.52 Å². The molecule has 1 aliphatic heterocycles. The maximum atomic E-state index is 11.5. The van der Waals surface area contributed by atoms with Crippen molar-refractivity contribution in [1.29, 1.82) is 0 Å². The van der Waals surface area contributed by atoms with Gasteiger partial charge in [0.1, 0.15) is 0 Å². The molecular formula is C8H8N4O2S. The SMILES string of the molecule is [N-]=[N+]=NS(=O)(=O)N1CCc2ccccc21. The molecule has 7 heteroatoms.